The summed E-state index contributed by atoms with van der Waals surface area (Å²) in [5.41, 5.74) is 8.06. The number of hydrogen-bond donors (Lipinski definition) is 4. The van der Waals surface area contributed by atoms with Crippen LogP contribution in [0.15, 0.2) is 36.9 Å². The van der Waals surface area contributed by atoms with Crippen molar-refractivity contribution in [3.63, 3.8) is 0 Å². The molecule has 4 unspecified atom stereocenters. The van der Waals surface area contributed by atoms with Crippen LogP contribution in [-0.4, -0.2) is 61.9 Å². The zero-order valence-corrected chi connectivity index (χ0v) is 18.9. The zero-order chi connectivity index (χ0) is 23.7. The molecule has 0 radical (unpaired) electrons. The van der Waals surface area contributed by atoms with Crippen LogP contribution in [0.3, 0.4) is 0 Å². The predicted octanol–water partition coefficient (Wildman–Crippen LogP) is 1.09. The van der Waals surface area contributed by atoms with E-state index >= 15 is 0 Å². The van der Waals surface area contributed by atoms with Crippen LogP contribution in [0, 0.1) is 0 Å². The van der Waals surface area contributed by atoms with Crippen molar-refractivity contribution in [1.29, 1.82) is 0 Å². The molecule has 1 aliphatic carbocycles. The Labute approximate surface area is 196 Å². The van der Waals surface area contributed by atoms with Gasteiger partial charge in [-0.05, 0) is 43.4 Å². The SMILES string of the molecule is CNC(=O)C1OC(n2cnc3c(NCc4cccc(OC5CCCC5)c4)ncnc32)C(O)C1N. The minimum absolute atomic E-state index is 0.304. The molecular formula is C23H29N7O4. The van der Waals surface area contributed by atoms with Crippen LogP contribution in [0.25, 0.3) is 11.2 Å². The fourth-order valence-corrected chi connectivity index (χ4v) is 4.58. The van der Waals surface area contributed by atoms with Gasteiger partial charge in [-0.15, -0.1) is 0 Å². The highest BCUT2D eigenvalue weighted by Crippen LogP contribution is 2.32. The number of benzene rings is 1. The van der Waals surface area contributed by atoms with Crippen molar-refractivity contribution in [2.75, 3.05) is 12.4 Å². The smallest absolute Gasteiger partial charge is 0.250 e. The largest absolute Gasteiger partial charge is 0.490 e. The Kier molecular flexibility index (Phi) is 6.31. The maximum atomic E-state index is 12.0. The van der Waals surface area contributed by atoms with Crippen LogP contribution in [0.4, 0.5) is 5.82 Å². The van der Waals surface area contributed by atoms with Gasteiger partial charge in [0, 0.05) is 13.6 Å². The third-order valence-corrected chi connectivity index (χ3v) is 6.42. The Morgan fingerprint density at radius 1 is 1.29 bits per heavy atom. The van der Waals surface area contributed by atoms with E-state index in [1.54, 1.807) is 4.57 Å². The van der Waals surface area contributed by atoms with E-state index in [1.165, 1.54) is 32.5 Å². The Morgan fingerprint density at radius 2 is 2.12 bits per heavy atom. The van der Waals surface area contributed by atoms with Crippen molar-refractivity contribution < 1.29 is 19.4 Å². The summed E-state index contributed by atoms with van der Waals surface area (Å²) in [4.78, 5) is 25.1. The predicted molar refractivity (Wildman–Crippen MR) is 124 cm³/mol. The zero-order valence-electron chi connectivity index (χ0n) is 18.9. The molecular weight excluding hydrogens is 438 g/mol. The number of aliphatic hydroxyl groups excluding tert-OH is 1. The molecule has 1 amide bonds. The number of nitrogens with zero attached hydrogens (tertiary/aromatic N) is 4. The number of nitrogens with two attached hydrogens (primary N) is 1. The van der Waals surface area contributed by atoms with Crippen molar-refractivity contribution in [1.82, 2.24) is 24.8 Å². The van der Waals surface area contributed by atoms with Crippen LogP contribution < -0.4 is 21.1 Å². The van der Waals surface area contributed by atoms with Gasteiger partial charge in [0.05, 0.1) is 18.5 Å². The monoisotopic (exact) mass is 467 g/mol. The van der Waals surface area contributed by atoms with Crippen molar-refractivity contribution in [3.05, 3.63) is 42.5 Å². The van der Waals surface area contributed by atoms with Gasteiger partial charge >= 0.3 is 0 Å². The molecule has 2 aliphatic rings. The minimum Gasteiger partial charge on any atom is -0.490 e. The molecule has 2 fully saturated rings. The molecule has 1 saturated heterocycles. The summed E-state index contributed by atoms with van der Waals surface area (Å²) in [6, 6.07) is 7.15. The number of fused-ring (bicyclic) bond motifs is 1. The first kappa shape index (κ1) is 22.5. The lowest BCUT2D eigenvalue weighted by molar-refractivity contribution is -0.134. The van der Waals surface area contributed by atoms with E-state index in [2.05, 4.69) is 25.6 Å². The molecule has 3 heterocycles. The number of carbonyl (C=O) groups is 1. The number of amides is 1. The van der Waals surface area contributed by atoms with E-state index in [0.29, 0.717) is 29.6 Å². The van der Waals surface area contributed by atoms with Crippen LogP contribution in [0.5, 0.6) is 5.75 Å². The van der Waals surface area contributed by atoms with Crippen LogP contribution in [-0.2, 0) is 16.1 Å². The third-order valence-electron chi connectivity index (χ3n) is 6.42. The van der Waals surface area contributed by atoms with Crippen molar-refractivity contribution in [3.8, 4) is 5.75 Å². The van der Waals surface area contributed by atoms with Crippen LogP contribution in [0.2, 0.25) is 0 Å². The molecule has 1 aromatic carbocycles. The number of ether oxygens (including phenoxy) is 2. The molecule has 2 aromatic heterocycles. The Bertz CT molecular complexity index is 1160. The molecule has 34 heavy (non-hydrogen) atoms. The Balaban J connectivity index is 1.32. The standard InChI is InChI=1S/C23H29N7O4/c1-25-22(32)19-16(24)18(31)23(34-19)30-12-29-17-20(27-11-28-21(17)30)26-10-13-5-4-8-15(9-13)33-14-6-2-3-7-14/h4-5,8-9,11-12,14,16,18-19,23,31H,2-3,6-7,10,24H2,1H3,(H,25,32)(H,26,27,28). The summed E-state index contributed by atoms with van der Waals surface area (Å²) in [5, 5.41) is 16.4. The van der Waals surface area contributed by atoms with Gasteiger partial charge in [-0.2, -0.15) is 0 Å². The topological polar surface area (TPSA) is 149 Å². The van der Waals surface area contributed by atoms with E-state index < -0.39 is 30.4 Å². The van der Waals surface area contributed by atoms with E-state index in [-0.39, 0.29) is 0 Å². The maximum absolute atomic E-state index is 12.0. The lowest BCUT2D eigenvalue weighted by Crippen LogP contribution is -2.46. The van der Waals surface area contributed by atoms with Gasteiger partial charge in [-0.1, -0.05) is 12.1 Å². The molecule has 11 heteroatoms. The van der Waals surface area contributed by atoms with Crippen molar-refractivity contribution in [2.45, 2.75) is 62.8 Å². The normalized spacial score (nSPS) is 25.0. The van der Waals surface area contributed by atoms with Crippen molar-refractivity contribution in [2.24, 2.45) is 5.73 Å². The number of imidazole rings is 1. The lowest BCUT2D eigenvalue weighted by Gasteiger charge is -2.16. The highest BCUT2D eigenvalue weighted by atomic mass is 16.5. The minimum atomic E-state index is -1.10. The molecule has 0 bridgehead atoms. The first-order chi connectivity index (χ1) is 16.5. The molecule has 3 aromatic rings. The quantitative estimate of drug-likeness (QED) is 0.400. The molecule has 180 valence electrons. The van der Waals surface area contributed by atoms with Gasteiger partial charge in [-0.3, -0.25) is 9.36 Å². The van der Waals surface area contributed by atoms with Gasteiger partial charge in [0.2, 0.25) is 0 Å². The number of likely N-dealkylation sites (N-methyl/N-ethyl adjacent to an activating group) is 1. The molecule has 1 aliphatic heterocycles. The summed E-state index contributed by atoms with van der Waals surface area (Å²) in [6.07, 6.45) is 4.93. The first-order valence-corrected chi connectivity index (χ1v) is 11.5. The fraction of sp³-hybridized carbons (Fsp3) is 0.478. The molecule has 5 N–H and O–H groups in total. The molecule has 4 atom stereocenters. The first-order valence-electron chi connectivity index (χ1n) is 11.5. The highest BCUT2D eigenvalue weighted by molar-refractivity contribution is 5.83. The Morgan fingerprint density at radius 3 is 2.91 bits per heavy atom. The molecule has 0 spiro atoms. The number of aliphatic hydroxyl groups is 1. The van der Waals surface area contributed by atoms with Gasteiger partial charge in [0.15, 0.2) is 29.3 Å². The van der Waals surface area contributed by atoms with Crippen LogP contribution in [0.1, 0.15) is 37.5 Å². The fourth-order valence-electron chi connectivity index (χ4n) is 4.58. The number of hydrogen-bond acceptors (Lipinski definition) is 9. The van der Waals surface area contributed by atoms with E-state index in [1.807, 2.05) is 24.3 Å². The Hall–Kier alpha value is -3.28. The van der Waals surface area contributed by atoms with E-state index in [0.717, 1.165) is 24.2 Å². The molecule has 1 saturated carbocycles. The summed E-state index contributed by atoms with van der Waals surface area (Å²) in [7, 11) is 1.49. The second-order valence-electron chi connectivity index (χ2n) is 8.70. The molecule has 5 rings (SSSR count). The lowest BCUT2D eigenvalue weighted by atomic mass is 10.1. The van der Waals surface area contributed by atoms with E-state index in [9.17, 15) is 9.90 Å². The maximum Gasteiger partial charge on any atom is 0.250 e. The number of rotatable bonds is 7. The van der Waals surface area contributed by atoms with Gasteiger partial charge < -0.3 is 30.9 Å². The average molecular weight is 468 g/mol. The molecule has 11 nitrogen and oxygen atoms in total. The van der Waals surface area contributed by atoms with Gasteiger partial charge in [0.1, 0.15) is 18.2 Å². The number of anilines is 1. The van der Waals surface area contributed by atoms with E-state index in [4.69, 9.17) is 15.2 Å². The number of aromatic nitrogens is 4. The highest BCUT2D eigenvalue weighted by Gasteiger charge is 2.46. The number of nitrogens with one attached hydrogen (secondary N) is 2. The second kappa shape index (κ2) is 9.53. The van der Waals surface area contributed by atoms with Crippen LogP contribution >= 0.6 is 0 Å². The van der Waals surface area contributed by atoms with Gasteiger partial charge in [0.25, 0.3) is 5.91 Å². The summed E-state index contributed by atoms with van der Waals surface area (Å²) >= 11 is 0. The summed E-state index contributed by atoms with van der Waals surface area (Å²) < 4.78 is 13.4. The summed E-state index contributed by atoms with van der Waals surface area (Å²) in [6.45, 7) is 0.521. The second-order valence-corrected chi connectivity index (χ2v) is 8.70. The van der Waals surface area contributed by atoms with Gasteiger partial charge in [-0.25, -0.2) is 15.0 Å². The van der Waals surface area contributed by atoms with Crippen molar-refractivity contribution >= 4 is 22.9 Å². The third kappa shape index (κ3) is 4.29. The summed E-state index contributed by atoms with van der Waals surface area (Å²) in [5.74, 6) is 1.03. The average Bonchev–Trinajstić information content (AvgIpc) is 3.58. The number of carbonyl (C=O) groups excluding carboxylic acids is 1.